The van der Waals surface area contributed by atoms with Gasteiger partial charge in [-0.05, 0) is 18.9 Å². The first-order valence-electron chi connectivity index (χ1n) is 8.55. The van der Waals surface area contributed by atoms with E-state index in [1.165, 1.54) is 70.6 Å². The van der Waals surface area contributed by atoms with E-state index >= 15 is 0 Å². The second-order valence-corrected chi connectivity index (χ2v) is 5.47. The third kappa shape index (κ3) is 17.0. The monoisotopic (exact) mass is 279 g/mol. The minimum Gasteiger partial charge on any atom is -0.500 e. The maximum Gasteiger partial charge on any atom is 0.100 e. The van der Waals surface area contributed by atoms with Crippen LogP contribution in [-0.4, -0.2) is 6.61 Å². The summed E-state index contributed by atoms with van der Waals surface area (Å²) in [7, 11) is 0. The Morgan fingerprint density at radius 2 is 1.40 bits per heavy atom. The molecule has 2 heteroatoms. The molecule has 0 unspecified atom stereocenters. The van der Waals surface area contributed by atoms with Gasteiger partial charge >= 0.3 is 0 Å². The predicted molar refractivity (Wildman–Crippen MR) is 86.4 cm³/mol. The number of allylic oxidation sites excluding steroid dienone is 1. The maximum atomic E-state index is 8.33. The van der Waals surface area contributed by atoms with Crippen LogP contribution in [0.2, 0.25) is 0 Å². The van der Waals surface area contributed by atoms with Gasteiger partial charge in [-0.15, -0.1) is 0 Å². The van der Waals surface area contributed by atoms with Gasteiger partial charge in [0.2, 0.25) is 0 Å². The van der Waals surface area contributed by atoms with Gasteiger partial charge in [0.05, 0.1) is 18.8 Å². The molecule has 0 N–H and O–H groups in total. The molecule has 116 valence electrons. The van der Waals surface area contributed by atoms with Crippen LogP contribution in [0.15, 0.2) is 12.3 Å². The molecule has 0 aromatic heterocycles. The van der Waals surface area contributed by atoms with Crippen molar-refractivity contribution in [2.24, 2.45) is 0 Å². The summed E-state index contributed by atoms with van der Waals surface area (Å²) < 4.78 is 5.17. The van der Waals surface area contributed by atoms with Crippen molar-refractivity contribution in [3.63, 3.8) is 0 Å². The Bertz CT molecular complexity index is 242. The Morgan fingerprint density at radius 3 is 1.95 bits per heavy atom. The zero-order valence-corrected chi connectivity index (χ0v) is 13.4. The molecule has 0 spiro atoms. The van der Waals surface area contributed by atoms with Gasteiger partial charge in [-0.25, -0.2) is 0 Å². The van der Waals surface area contributed by atoms with Crippen LogP contribution in [0.25, 0.3) is 0 Å². The average molecular weight is 279 g/mol. The van der Waals surface area contributed by atoms with Gasteiger partial charge in [0.15, 0.2) is 0 Å². The lowest BCUT2D eigenvalue weighted by Crippen LogP contribution is -1.84. The molecular weight excluding hydrogens is 246 g/mol. The fraction of sp³-hybridized carbons (Fsp3) is 0.833. The summed E-state index contributed by atoms with van der Waals surface area (Å²) in [5, 5.41) is 8.33. The predicted octanol–water partition coefficient (Wildman–Crippen LogP) is 6.13. The van der Waals surface area contributed by atoms with Crippen molar-refractivity contribution in [2.75, 3.05) is 6.61 Å². The van der Waals surface area contributed by atoms with Crippen LogP contribution in [0, 0.1) is 11.3 Å². The Balaban J connectivity index is 3.01. The van der Waals surface area contributed by atoms with E-state index in [0.717, 1.165) is 6.42 Å². The molecule has 0 aromatic rings. The second-order valence-electron chi connectivity index (χ2n) is 5.47. The van der Waals surface area contributed by atoms with Crippen molar-refractivity contribution in [2.45, 2.75) is 90.4 Å². The summed E-state index contributed by atoms with van der Waals surface area (Å²) in [5.41, 5.74) is 0. The molecule has 0 aliphatic carbocycles. The first kappa shape index (κ1) is 19.0. The largest absolute Gasteiger partial charge is 0.500 e. The quantitative estimate of drug-likeness (QED) is 0.267. The maximum absolute atomic E-state index is 8.33. The molecule has 0 bridgehead atoms. The summed E-state index contributed by atoms with van der Waals surface area (Å²) in [6, 6.07) is 2.06. The lowest BCUT2D eigenvalue weighted by Gasteiger charge is -2.01. The number of hydrogen-bond acceptors (Lipinski definition) is 2. The lowest BCUT2D eigenvalue weighted by molar-refractivity contribution is 0.256. The molecule has 0 fully saturated rings. The molecule has 2 nitrogen and oxygen atoms in total. The number of ether oxygens (including phenoxy) is 1. The zero-order chi connectivity index (χ0) is 14.7. The first-order valence-corrected chi connectivity index (χ1v) is 8.55. The third-order valence-corrected chi connectivity index (χ3v) is 3.50. The molecule has 0 atom stereocenters. The van der Waals surface area contributed by atoms with E-state index in [1.807, 2.05) is 0 Å². The molecule has 0 saturated carbocycles. The van der Waals surface area contributed by atoms with Crippen molar-refractivity contribution >= 4 is 0 Å². The number of nitriles is 1. The molecule has 0 aromatic carbocycles. The summed E-state index contributed by atoms with van der Waals surface area (Å²) in [4.78, 5) is 0. The summed E-state index contributed by atoms with van der Waals surface area (Å²) in [6.45, 7) is 2.79. The molecule has 0 heterocycles. The van der Waals surface area contributed by atoms with E-state index in [4.69, 9.17) is 10.00 Å². The number of unbranched alkanes of at least 4 members (excludes halogenated alkanes) is 11. The van der Waals surface area contributed by atoms with Crippen LogP contribution in [0.5, 0.6) is 0 Å². The molecule has 0 aliphatic heterocycles. The standard InChI is InChI=1S/C18H33NO/c1-2-3-4-5-6-7-8-9-10-11-12-13-14-17-20-18-15-16-19/h14,17H,2-13,15,18H2,1H3/b17-14+. The fourth-order valence-corrected chi connectivity index (χ4v) is 2.24. The lowest BCUT2D eigenvalue weighted by atomic mass is 10.1. The van der Waals surface area contributed by atoms with Crippen LogP contribution in [0.3, 0.4) is 0 Å². The van der Waals surface area contributed by atoms with E-state index in [1.54, 1.807) is 6.26 Å². The van der Waals surface area contributed by atoms with E-state index in [-0.39, 0.29) is 0 Å². The normalized spacial score (nSPS) is 10.8. The number of nitrogens with zero attached hydrogens (tertiary/aromatic N) is 1. The van der Waals surface area contributed by atoms with E-state index in [2.05, 4.69) is 19.1 Å². The Hall–Kier alpha value is -0.970. The first-order chi connectivity index (χ1) is 9.91. The molecule has 0 rings (SSSR count). The van der Waals surface area contributed by atoms with E-state index in [0.29, 0.717) is 13.0 Å². The van der Waals surface area contributed by atoms with Crippen molar-refractivity contribution in [1.29, 1.82) is 5.26 Å². The number of rotatable bonds is 15. The van der Waals surface area contributed by atoms with Gasteiger partial charge < -0.3 is 4.74 Å². The second kappa shape index (κ2) is 18.0. The summed E-state index contributed by atoms with van der Waals surface area (Å²) in [6.07, 6.45) is 20.7. The highest BCUT2D eigenvalue weighted by molar-refractivity contribution is 4.75. The smallest absolute Gasteiger partial charge is 0.100 e. The highest BCUT2D eigenvalue weighted by atomic mass is 16.5. The molecule has 0 radical (unpaired) electrons. The fourth-order valence-electron chi connectivity index (χ4n) is 2.24. The topological polar surface area (TPSA) is 33.0 Å². The van der Waals surface area contributed by atoms with Crippen LogP contribution in [0.4, 0.5) is 0 Å². The molecule has 0 saturated heterocycles. The van der Waals surface area contributed by atoms with Gasteiger partial charge in [-0.3, -0.25) is 0 Å². The van der Waals surface area contributed by atoms with Gasteiger partial charge in [0, 0.05) is 0 Å². The minimum absolute atomic E-state index is 0.475. The van der Waals surface area contributed by atoms with Crippen LogP contribution < -0.4 is 0 Å². The third-order valence-electron chi connectivity index (χ3n) is 3.50. The minimum atomic E-state index is 0.475. The molecule has 0 amide bonds. The van der Waals surface area contributed by atoms with Crippen LogP contribution in [-0.2, 0) is 4.74 Å². The molecule has 20 heavy (non-hydrogen) atoms. The average Bonchev–Trinajstić information content (AvgIpc) is 2.47. The van der Waals surface area contributed by atoms with Gasteiger partial charge in [0.1, 0.15) is 6.61 Å². The van der Waals surface area contributed by atoms with Crippen LogP contribution >= 0.6 is 0 Å². The highest BCUT2D eigenvalue weighted by Crippen LogP contribution is 2.11. The Labute approximate surface area is 126 Å². The van der Waals surface area contributed by atoms with Crippen molar-refractivity contribution in [3.8, 4) is 6.07 Å². The van der Waals surface area contributed by atoms with Crippen molar-refractivity contribution in [3.05, 3.63) is 12.3 Å². The number of hydrogen-bond donors (Lipinski definition) is 0. The van der Waals surface area contributed by atoms with Gasteiger partial charge in [0.25, 0.3) is 0 Å². The SMILES string of the molecule is CCCCCCCCCCCCC/C=C/OCCC#N. The van der Waals surface area contributed by atoms with E-state index in [9.17, 15) is 0 Å². The zero-order valence-electron chi connectivity index (χ0n) is 13.4. The van der Waals surface area contributed by atoms with Gasteiger partial charge in [-0.1, -0.05) is 71.1 Å². The summed E-state index contributed by atoms with van der Waals surface area (Å²) >= 11 is 0. The van der Waals surface area contributed by atoms with Gasteiger partial charge in [-0.2, -0.15) is 5.26 Å². The van der Waals surface area contributed by atoms with Crippen molar-refractivity contribution in [1.82, 2.24) is 0 Å². The Kier molecular flexibility index (Phi) is 17.2. The highest BCUT2D eigenvalue weighted by Gasteiger charge is 1.92. The molecular formula is C18H33NO. The summed E-state index contributed by atoms with van der Waals surface area (Å²) in [5.74, 6) is 0. The van der Waals surface area contributed by atoms with E-state index < -0.39 is 0 Å². The van der Waals surface area contributed by atoms with Crippen molar-refractivity contribution < 1.29 is 4.74 Å². The Morgan fingerprint density at radius 1 is 0.850 bits per heavy atom. The van der Waals surface area contributed by atoms with Crippen LogP contribution in [0.1, 0.15) is 90.4 Å². The molecule has 0 aliphatic rings.